The molecule has 0 bridgehead atoms. The molecule has 0 unspecified atom stereocenters. The van der Waals surface area contributed by atoms with Crippen LogP contribution in [0.1, 0.15) is 23.7 Å². The maximum absolute atomic E-state index is 11.5. The summed E-state index contributed by atoms with van der Waals surface area (Å²) >= 11 is 0. The molecule has 0 N–H and O–H groups in total. The smallest absolute Gasteiger partial charge is 0.338 e. The van der Waals surface area contributed by atoms with Crippen LogP contribution in [0, 0.1) is 0 Å². The van der Waals surface area contributed by atoms with Crippen molar-refractivity contribution in [3.8, 4) is 0 Å². The highest BCUT2D eigenvalue weighted by Crippen LogP contribution is 2.02. The molecule has 0 saturated carbocycles. The van der Waals surface area contributed by atoms with Gasteiger partial charge in [0.2, 0.25) is 0 Å². The Balaban J connectivity index is 2.31. The van der Waals surface area contributed by atoms with E-state index in [-0.39, 0.29) is 12.1 Å². The summed E-state index contributed by atoms with van der Waals surface area (Å²) in [6.07, 6.45) is 0.836. The van der Waals surface area contributed by atoms with Gasteiger partial charge in [-0.05, 0) is 19.1 Å². The summed E-state index contributed by atoms with van der Waals surface area (Å²) in [6.45, 7) is 2.33. The molecule has 3 nitrogen and oxygen atoms in total. The lowest BCUT2D eigenvalue weighted by Crippen LogP contribution is -2.12. The summed E-state index contributed by atoms with van der Waals surface area (Å²) in [7, 11) is 1.64. The summed E-state index contributed by atoms with van der Waals surface area (Å²) in [6, 6.07) is 8.97. The number of rotatable bonds is 5. The molecule has 0 radical (unpaired) electrons. The lowest BCUT2D eigenvalue weighted by molar-refractivity contribution is 0.0391. The van der Waals surface area contributed by atoms with Crippen molar-refractivity contribution in [3.05, 3.63) is 35.9 Å². The first-order chi connectivity index (χ1) is 7.24. The van der Waals surface area contributed by atoms with E-state index in [2.05, 4.69) is 0 Å². The van der Waals surface area contributed by atoms with Crippen LogP contribution in [0.2, 0.25) is 0 Å². The number of methoxy groups -OCH3 is 1. The fourth-order valence-corrected chi connectivity index (χ4v) is 1.09. The van der Waals surface area contributed by atoms with Gasteiger partial charge < -0.3 is 9.47 Å². The Morgan fingerprint density at radius 1 is 1.33 bits per heavy atom. The molecule has 0 aliphatic rings. The molecule has 0 saturated heterocycles. The Morgan fingerprint density at radius 3 is 2.60 bits per heavy atom. The fourth-order valence-electron chi connectivity index (χ4n) is 1.09. The number of carbonyl (C=O) groups excluding carboxylic acids is 1. The van der Waals surface area contributed by atoms with Crippen molar-refractivity contribution in [1.29, 1.82) is 0 Å². The van der Waals surface area contributed by atoms with Crippen LogP contribution < -0.4 is 0 Å². The highest BCUT2D eigenvalue weighted by atomic mass is 16.5. The fraction of sp³-hybridized carbons (Fsp3) is 0.417. The van der Waals surface area contributed by atoms with Crippen molar-refractivity contribution < 1.29 is 14.3 Å². The Kier molecular flexibility index (Phi) is 4.84. The van der Waals surface area contributed by atoms with E-state index in [1.54, 1.807) is 19.2 Å². The lowest BCUT2D eigenvalue weighted by atomic mass is 10.2. The van der Waals surface area contributed by atoms with Gasteiger partial charge in [-0.25, -0.2) is 4.79 Å². The van der Waals surface area contributed by atoms with E-state index >= 15 is 0 Å². The van der Waals surface area contributed by atoms with Gasteiger partial charge >= 0.3 is 5.97 Å². The number of hydrogen-bond acceptors (Lipinski definition) is 3. The van der Waals surface area contributed by atoms with Crippen molar-refractivity contribution in [3.63, 3.8) is 0 Å². The quantitative estimate of drug-likeness (QED) is 0.696. The SMILES string of the molecule is CO[C@@H](C)CCOC(=O)c1ccccc1. The summed E-state index contributed by atoms with van der Waals surface area (Å²) < 4.78 is 10.1. The second-order valence-corrected chi connectivity index (χ2v) is 3.34. The molecule has 0 heterocycles. The van der Waals surface area contributed by atoms with E-state index in [1.807, 2.05) is 25.1 Å². The second-order valence-electron chi connectivity index (χ2n) is 3.34. The van der Waals surface area contributed by atoms with Crippen LogP contribution in [0.15, 0.2) is 30.3 Å². The van der Waals surface area contributed by atoms with Crippen molar-refractivity contribution >= 4 is 5.97 Å². The topological polar surface area (TPSA) is 35.5 Å². The zero-order chi connectivity index (χ0) is 11.1. The Morgan fingerprint density at radius 2 is 2.00 bits per heavy atom. The normalized spacial score (nSPS) is 12.1. The number of carbonyl (C=O) groups is 1. The Labute approximate surface area is 90.0 Å². The van der Waals surface area contributed by atoms with Crippen LogP contribution in [0.5, 0.6) is 0 Å². The van der Waals surface area contributed by atoms with Crippen molar-refractivity contribution in [1.82, 2.24) is 0 Å². The summed E-state index contributed by atoms with van der Waals surface area (Å²) in [5, 5.41) is 0. The maximum Gasteiger partial charge on any atom is 0.338 e. The molecule has 1 rings (SSSR count). The summed E-state index contributed by atoms with van der Waals surface area (Å²) in [4.78, 5) is 11.5. The summed E-state index contributed by atoms with van der Waals surface area (Å²) in [5.74, 6) is -0.279. The van der Waals surface area contributed by atoms with E-state index in [9.17, 15) is 4.79 Å². The zero-order valence-corrected chi connectivity index (χ0v) is 9.10. The largest absolute Gasteiger partial charge is 0.462 e. The van der Waals surface area contributed by atoms with Crippen molar-refractivity contribution in [2.24, 2.45) is 0 Å². The average molecular weight is 208 g/mol. The monoisotopic (exact) mass is 208 g/mol. The zero-order valence-electron chi connectivity index (χ0n) is 9.10. The van der Waals surface area contributed by atoms with Crippen LogP contribution >= 0.6 is 0 Å². The molecule has 3 heteroatoms. The van der Waals surface area contributed by atoms with E-state index in [1.165, 1.54) is 0 Å². The highest BCUT2D eigenvalue weighted by Gasteiger charge is 2.06. The van der Waals surface area contributed by atoms with Gasteiger partial charge in [-0.3, -0.25) is 0 Å². The summed E-state index contributed by atoms with van der Waals surface area (Å²) in [5.41, 5.74) is 0.586. The second kappa shape index (κ2) is 6.19. The third-order valence-corrected chi connectivity index (χ3v) is 2.17. The van der Waals surface area contributed by atoms with Crippen molar-refractivity contribution in [2.45, 2.75) is 19.4 Å². The lowest BCUT2D eigenvalue weighted by Gasteiger charge is -2.09. The molecule has 82 valence electrons. The highest BCUT2D eigenvalue weighted by molar-refractivity contribution is 5.89. The van der Waals surface area contributed by atoms with Gasteiger partial charge in [0.25, 0.3) is 0 Å². The minimum atomic E-state index is -0.279. The number of ether oxygens (including phenoxy) is 2. The predicted octanol–water partition coefficient (Wildman–Crippen LogP) is 2.27. The molecule has 15 heavy (non-hydrogen) atoms. The Bertz CT molecular complexity index is 295. The van der Waals surface area contributed by atoms with E-state index in [4.69, 9.17) is 9.47 Å². The first kappa shape index (κ1) is 11.7. The molecule has 0 fully saturated rings. The minimum absolute atomic E-state index is 0.119. The molecule has 1 aromatic rings. The van der Waals surface area contributed by atoms with Crippen LogP contribution in [-0.4, -0.2) is 25.8 Å². The number of benzene rings is 1. The van der Waals surface area contributed by atoms with E-state index < -0.39 is 0 Å². The molecule has 0 aliphatic heterocycles. The molecule has 1 aromatic carbocycles. The molecule has 0 aliphatic carbocycles. The Hall–Kier alpha value is -1.35. The average Bonchev–Trinajstić information content (AvgIpc) is 2.29. The van der Waals surface area contributed by atoms with Crippen LogP contribution in [0.4, 0.5) is 0 Å². The standard InChI is InChI=1S/C12H16O3/c1-10(14-2)8-9-15-12(13)11-6-4-3-5-7-11/h3-7,10H,8-9H2,1-2H3/t10-/m0/s1. The molecule has 0 amide bonds. The molecule has 0 spiro atoms. The van der Waals surface area contributed by atoms with Crippen LogP contribution in [0.3, 0.4) is 0 Å². The van der Waals surface area contributed by atoms with Gasteiger partial charge in [-0.15, -0.1) is 0 Å². The molecular weight excluding hydrogens is 192 g/mol. The number of esters is 1. The molecule has 0 aromatic heterocycles. The van der Waals surface area contributed by atoms with Crippen molar-refractivity contribution in [2.75, 3.05) is 13.7 Å². The van der Waals surface area contributed by atoms with Crippen LogP contribution in [-0.2, 0) is 9.47 Å². The van der Waals surface area contributed by atoms with Gasteiger partial charge in [0, 0.05) is 13.5 Å². The third-order valence-electron chi connectivity index (χ3n) is 2.17. The molecular formula is C12H16O3. The van der Waals surface area contributed by atoms with Gasteiger partial charge in [-0.2, -0.15) is 0 Å². The molecule has 1 atom stereocenters. The van der Waals surface area contributed by atoms with Gasteiger partial charge in [0.05, 0.1) is 18.3 Å². The maximum atomic E-state index is 11.5. The van der Waals surface area contributed by atoms with Gasteiger partial charge in [-0.1, -0.05) is 18.2 Å². The third kappa shape index (κ3) is 4.13. The van der Waals surface area contributed by atoms with Gasteiger partial charge in [0.1, 0.15) is 0 Å². The van der Waals surface area contributed by atoms with Gasteiger partial charge in [0.15, 0.2) is 0 Å². The minimum Gasteiger partial charge on any atom is -0.462 e. The van der Waals surface area contributed by atoms with E-state index in [0.717, 1.165) is 6.42 Å². The number of hydrogen-bond donors (Lipinski definition) is 0. The van der Waals surface area contributed by atoms with E-state index in [0.29, 0.717) is 12.2 Å². The first-order valence-electron chi connectivity index (χ1n) is 4.99. The predicted molar refractivity (Wildman–Crippen MR) is 57.8 cm³/mol. The first-order valence-corrected chi connectivity index (χ1v) is 4.99. The van der Waals surface area contributed by atoms with Crippen LogP contribution in [0.25, 0.3) is 0 Å².